The Morgan fingerprint density at radius 1 is 1.30 bits per heavy atom. The van der Waals surface area contributed by atoms with Gasteiger partial charge in [-0.2, -0.15) is 4.98 Å². The quantitative estimate of drug-likeness (QED) is 0.498. The number of nitrogens with zero attached hydrogens (tertiary/aromatic N) is 2. The van der Waals surface area contributed by atoms with Crippen LogP contribution in [0.15, 0.2) is 0 Å². The second-order valence-electron chi connectivity index (χ2n) is 4.97. The average molecular weight is 303 g/mol. The van der Waals surface area contributed by atoms with Crippen LogP contribution in [0.5, 0.6) is 0 Å². The summed E-state index contributed by atoms with van der Waals surface area (Å²) in [7, 11) is 1.68. The summed E-state index contributed by atoms with van der Waals surface area (Å²) in [6.45, 7) is 1.60. The average Bonchev–Trinajstić information content (AvgIpc) is 2.71. The molecule has 1 aromatic heterocycles. The molecule has 20 heavy (non-hydrogen) atoms. The molecule has 112 valence electrons. The van der Waals surface area contributed by atoms with Crippen LogP contribution >= 0.6 is 11.6 Å². The van der Waals surface area contributed by atoms with Crippen LogP contribution in [0.25, 0.3) is 0 Å². The molecule has 8 heteroatoms. The van der Waals surface area contributed by atoms with Crippen LogP contribution in [0, 0.1) is 12.8 Å². The predicted molar refractivity (Wildman–Crippen MR) is 75.9 cm³/mol. The van der Waals surface area contributed by atoms with Gasteiger partial charge >= 0.3 is 0 Å². The first kappa shape index (κ1) is 15.2. The third-order valence-corrected chi connectivity index (χ3v) is 4.04. The summed E-state index contributed by atoms with van der Waals surface area (Å²) in [4.78, 5) is 8.30. The largest absolute Gasteiger partial charge is 0.396 e. The predicted octanol–water partition coefficient (Wildman–Crippen LogP) is -0.00538. The molecule has 4 atom stereocenters. The SMILES string of the molecule is CNc1nc(Cl)c(C)c(NC2CC(CO)C(O)C2O)n1. The lowest BCUT2D eigenvalue weighted by atomic mass is 10.1. The van der Waals surface area contributed by atoms with Gasteiger partial charge < -0.3 is 26.0 Å². The van der Waals surface area contributed by atoms with E-state index in [1.54, 1.807) is 14.0 Å². The number of nitrogens with one attached hydrogen (secondary N) is 2. The lowest BCUT2D eigenvalue weighted by molar-refractivity contribution is 0.00445. The van der Waals surface area contributed by atoms with Crippen molar-refractivity contribution in [3.05, 3.63) is 10.7 Å². The van der Waals surface area contributed by atoms with Gasteiger partial charge in [-0.3, -0.25) is 0 Å². The molecule has 1 aliphatic carbocycles. The Morgan fingerprint density at radius 3 is 2.55 bits per heavy atom. The fourth-order valence-corrected chi connectivity index (χ4v) is 2.54. The van der Waals surface area contributed by atoms with E-state index in [2.05, 4.69) is 20.6 Å². The van der Waals surface area contributed by atoms with Crippen molar-refractivity contribution in [1.29, 1.82) is 0 Å². The molecule has 5 N–H and O–H groups in total. The van der Waals surface area contributed by atoms with Crippen molar-refractivity contribution in [1.82, 2.24) is 9.97 Å². The van der Waals surface area contributed by atoms with Gasteiger partial charge in [-0.1, -0.05) is 11.6 Å². The molecular formula is C12H19ClN4O3. The summed E-state index contributed by atoms with van der Waals surface area (Å²) in [6.07, 6.45) is -1.45. The van der Waals surface area contributed by atoms with Gasteiger partial charge in [0.1, 0.15) is 17.1 Å². The number of hydrogen-bond acceptors (Lipinski definition) is 7. The fraction of sp³-hybridized carbons (Fsp3) is 0.667. The van der Waals surface area contributed by atoms with Crippen molar-refractivity contribution in [2.24, 2.45) is 5.92 Å². The summed E-state index contributed by atoms with van der Waals surface area (Å²) in [6, 6.07) is -0.392. The molecule has 1 saturated carbocycles. The van der Waals surface area contributed by atoms with Crippen LogP contribution in [0.3, 0.4) is 0 Å². The Bertz CT molecular complexity index is 488. The Morgan fingerprint density at radius 2 is 2.00 bits per heavy atom. The van der Waals surface area contributed by atoms with Crippen molar-refractivity contribution in [2.45, 2.75) is 31.6 Å². The molecule has 0 radical (unpaired) electrons. The highest BCUT2D eigenvalue weighted by atomic mass is 35.5. The van der Waals surface area contributed by atoms with Gasteiger partial charge in [-0.05, 0) is 13.3 Å². The first-order valence-corrected chi connectivity index (χ1v) is 6.81. The fourth-order valence-electron chi connectivity index (χ4n) is 2.37. The van der Waals surface area contributed by atoms with Crippen LogP contribution in [0.4, 0.5) is 11.8 Å². The van der Waals surface area contributed by atoms with Gasteiger partial charge in [0.2, 0.25) is 5.95 Å². The van der Waals surface area contributed by atoms with E-state index in [0.29, 0.717) is 28.9 Å². The molecule has 4 unspecified atom stereocenters. The van der Waals surface area contributed by atoms with Gasteiger partial charge in [-0.25, -0.2) is 4.98 Å². The molecular weight excluding hydrogens is 284 g/mol. The highest BCUT2D eigenvalue weighted by Crippen LogP contribution is 2.30. The van der Waals surface area contributed by atoms with Crippen molar-refractivity contribution in [3.63, 3.8) is 0 Å². The summed E-state index contributed by atoms with van der Waals surface area (Å²) in [5.74, 6) is 0.530. The molecule has 0 aromatic carbocycles. The number of halogens is 1. The zero-order valence-corrected chi connectivity index (χ0v) is 12.1. The van der Waals surface area contributed by atoms with E-state index >= 15 is 0 Å². The number of anilines is 2. The van der Waals surface area contributed by atoms with Crippen molar-refractivity contribution < 1.29 is 15.3 Å². The number of hydrogen-bond donors (Lipinski definition) is 5. The summed E-state index contributed by atoms with van der Waals surface area (Å²) in [5.41, 5.74) is 0.666. The van der Waals surface area contributed by atoms with Crippen LogP contribution < -0.4 is 10.6 Å². The van der Waals surface area contributed by atoms with Crippen molar-refractivity contribution in [2.75, 3.05) is 24.3 Å². The molecule has 1 aromatic rings. The highest BCUT2D eigenvalue weighted by molar-refractivity contribution is 6.30. The standard InChI is InChI=1S/C12H19ClN4O3/c1-5-10(13)16-12(14-2)17-11(5)15-7-3-6(4-18)8(19)9(7)20/h6-9,18-20H,3-4H2,1-2H3,(H2,14,15,16,17). The van der Waals surface area contributed by atoms with E-state index in [4.69, 9.17) is 16.7 Å². The molecule has 1 fully saturated rings. The Hall–Kier alpha value is -1.15. The van der Waals surface area contributed by atoms with Gasteiger partial charge in [0.05, 0.1) is 12.1 Å². The first-order valence-electron chi connectivity index (χ1n) is 6.43. The minimum atomic E-state index is -0.960. The van der Waals surface area contributed by atoms with Crippen LogP contribution in [0.1, 0.15) is 12.0 Å². The normalized spacial score (nSPS) is 29.5. The number of rotatable bonds is 4. The molecule has 0 amide bonds. The molecule has 0 saturated heterocycles. The van der Waals surface area contributed by atoms with Gasteiger partial charge in [0.25, 0.3) is 0 Å². The summed E-state index contributed by atoms with van der Waals surface area (Å²) in [5, 5.41) is 35.2. The van der Waals surface area contributed by atoms with E-state index in [1.807, 2.05) is 0 Å². The minimum absolute atomic E-state index is 0.165. The second-order valence-corrected chi connectivity index (χ2v) is 5.33. The Kier molecular flexibility index (Phi) is 4.64. The van der Waals surface area contributed by atoms with Gasteiger partial charge in [-0.15, -0.1) is 0 Å². The maximum absolute atomic E-state index is 9.99. The van der Waals surface area contributed by atoms with Crippen LogP contribution in [-0.2, 0) is 0 Å². The van der Waals surface area contributed by atoms with Crippen molar-refractivity contribution in [3.8, 4) is 0 Å². The third kappa shape index (κ3) is 2.80. The monoisotopic (exact) mass is 302 g/mol. The highest BCUT2D eigenvalue weighted by Gasteiger charge is 2.41. The number of aromatic nitrogens is 2. The van der Waals surface area contributed by atoms with Crippen molar-refractivity contribution >= 4 is 23.4 Å². The van der Waals surface area contributed by atoms with E-state index < -0.39 is 18.2 Å². The number of aliphatic hydroxyl groups is 3. The summed E-state index contributed by atoms with van der Waals surface area (Å²) < 4.78 is 0. The van der Waals surface area contributed by atoms with Gasteiger partial charge in [0.15, 0.2) is 0 Å². The molecule has 0 bridgehead atoms. The Balaban J connectivity index is 2.20. The van der Waals surface area contributed by atoms with E-state index in [1.165, 1.54) is 0 Å². The smallest absolute Gasteiger partial charge is 0.225 e. The van der Waals surface area contributed by atoms with E-state index in [9.17, 15) is 10.2 Å². The molecule has 7 nitrogen and oxygen atoms in total. The van der Waals surface area contributed by atoms with Gasteiger partial charge in [0, 0.05) is 25.1 Å². The van der Waals surface area contributed by atoms with Crippen LogP contribution in [-0.4, -0.2) is 57.2 Å². The zero-order valence-electron chi connectivity index (χ0n) is 11.3. The lowest BCUT2D eigenvalue weighted by Crippen LogP contribution is -2.35. The summed E-state index contributed by atoms with van der Waals surface area (Å²) >= 11 is 6.02. The zero-order chi connectivity index (χ0) is 14.9. The minimum Gasteiger partial charge on any atom is -0.396 e. The topological polar surface area (TPSA) is 111 Å². The lowest BCUT2D eigenvalue weighted by Gasteiger charge is -2.20. The second kappa shape index (κ2) is 6.09. The van der Waals surface area contributed by atoms with E-state index in [0.717, 1.165) is 0 Å². The van der Waals surface area contributed by atoms with E-state index in [-0.39, 0.29) is 12.5 Å². The maximum Gasteiger partial charge on any atom is 0.225 e. The first-order chi connectivity index (χ1) is 9.47. The number of aliphatic hydroxyl groups excluding tert-OH is 3. The van der Waals surface area contributed by atoms with Crippen LogP contribution in [0.2, 0.25) is 5.15 Å². The third-order valence-electron chi connectivity index (χ3n) is 3.67. The molecule has 0 spiro atoms. The molecule has 0 aliphatic heterocycles. The maximum atomic E-state index is 9.99. The molecule has 1 heterocycles. The molecule has 1 aliphatic rings. The Labute approximate surface area is 122 Å². The molecule has 2 rings (SSSR count).